The Labute approximate surface area is 129 Å². The Morgan fingerprint density at radius 2 is 2.00 bits per heavy atom. The van der Waals surface area contributed by atoms with Crippen molar-refractivity contribution >= 4 is 5.91 Å². The lowest BCUT2D eigenvalue weighted by Gasteiger charge is -2.31. The SMILES string of the molecule is CCOc1ccc(C(=O)N2NC(=C(F)F)CC2(O)C(F)F)cc1. The van der Waals surface area contributed by atoms with E-state index in [4.69, 9.17) is 4.74 Å². The van der Waals surface area contributed by atoms with Gasteiger partial charge >= 0.3 is 0 Å². The van der Waals surface area contributed by atoms with Gasteiger partial charge in [-0.25, -0.2) is 13.8 Å². The number of nitrogens with zero attached hydrogens (tertiary/aromatic N) is 1. The van der Waals surface area contributed by atoms with Gasteiger partial charge < -0.3 is 9.84 Å². The highest BCUT2D eigenvalue weighted by Gasteiger charge is 2.53. The van der Waals surface area contributed by atoms with Crippen LogP contribution < -0.4 is 10.2 Å². The van der Waals surface area contributed by atoms with Crippen LogP contribution in [0.25, 0.3) is 0 Å². The summed E-state index contributed by atoms with van der Waals surface area (Å²) in [6.45, 7) is 2.16. The first kappa shape index (κ1) is 17.1. The molecular formula is C14H14F4N2O3. The van der Waals surface area contributed by atoms with Gasteiger partial charge in [-0.1, -0.05) is 0 Å². The second kappa shape index (κ2) is 6.45. The fourth-order valence-corrected chi connectivity index (χ4v) is 2.11. The molecule has 1 amide bonds. The van der Waals surface area contributed by atoms with E-state index < -0.39 is 36.3 Å². The van der Waals surface area contributed by atoms with Crippen molar-refractivity contribution < 1.29 is 32.2 Å². The first-order valence-corrected chi connectivity index (χ1v) is 6.68. The molecule has 126 valence electrons. The Balaban J connectivity index is 2.30. The normalized spacial score (nSPS) is 20.7. The van der Waals surface area contributed by atoms with Crippen molar-refractivity contribution in [2.45, 2.75) is 25.5 Å². The number of alkyl halides is 2. The molecule has 1 aliphatic rings. The van der Waals surface area contributed by atoms with Crippen LogP contribution in [0, 0.1) is 0 Å². The molecule has 23 heavy (non-hydrogen) atoms. The second-order valence-corrected chi connectivity index (χ2v) is 4.80. The molecule has 1 heterocycles. The van der Waals surface area contributed by atoms with E-state index in [2.05, 4.69) is 0 Å². The van der Waals surface area contributed by atoms with Gasteiger partial charge in [-0.3, -0.25) is 10.2 Å². The molecule has 1 aromatic carbocycles. The number of halogens is 4. The molecule has 1 atom stereocenters. The molecule has 1 saturated heterocycles. The molecule has 0 saturated carbocycles. The summed E-state index contributed by atoms with van der Waals surface area (Å²) in [6, 6.07) is 5.43. The van der Waals surface area contributed by atoms with Crippen LogP contribution in [0.3, 0.4) is 0 Å². The van der Waals surface area contributed by atoms with Crippen molar-refractivity contribution in [1.82, 2.24) is 10.4 Å². The van der Waals surface area contributed by atoms with Crippen LogP contribution in [0.5, 0.6) is 5.75 Å². The zero-order valence-corrected chi connectivity index (χ0v) is 12.0. The van der Waals surface area contributed by atoms with Crippen LogP contribution in [0.4, 0.5) is 17.6 Å². The molecule has 9 heteroatoms. The minimum Gasteiger partial charge on any atom is -0.494 e. The van der Waals surface area contributed by atoms with Gasteiger partial charge in [-0.2, -0.15) is 8.78 Å². The minimum absolute atomic E-state index is 0.0689. The number of rotatable bonds is 4. The maximum atomic E-state index is 13.1. The number of benzene rings is 1. The van der Waals surface area contributed by atoms with Crippen molar-refractivity contribution in [3.63, 3.8) is 0 Å². The number of nitrogens with one attached hydrogen (secondary N) is 1. The average Bonchev–Trinajstić information content (AvgIpc) is 2.87. The number of carbonyl (C=O) groups excluding carboxylic acids is 1. The smallest absolute Gasteiger partial charge is 0.291 e. The van der Waals surface area contributed by atoms with Gasteiger partial charge in [-0.15, -0.1) is 0 Å². The first-order chi connectivity index (χ1) is 10.8. The third-order valence-corrected chi connectivity index (χ3v) is 3.26. The van der Waals surface area contributed by atoms with Crippen LogP contribution in [-0.2, 0) is 0 Å². The molecule has 0 bridgehead atoms. The molecular weight excluding hydrogens is 320 g/mol. The lowest BCUT2D eigenvalue weighted by atomic mass is 10.1. The van der Waals surface area contributed by atoms with Crippen LogP contribution in [0.2, 0.25) is 0 Å². The van der Waals surface area contributed by atoms with Crippen LogP contribution in [0.15, 0.2) is 36.0 Å². The van der Waals surface area contributed by atoms with Crippen molar-refractivity contribution in [1.29, 1.82) is 0 Å². The van der Waals surface area contributed by atoms with Crippen LogP contribution >= 0.6 is 0 Å². The summed E-state index contributed by atoms with van der Waals surface area (Å²) in [7, 11) is 0. The van der Waals surface area contributed by atoms with Gasteiger partial charge in [0, 0.05) is 5.56 Å². The van der Waals surface area contributed by atoms with E-state index in [1.807, 2.05) is 5.43 Å². The van der Waals surface area contributed by atoms with Crippen molar-refractivity contribution in [3.05, 3.63) is 41.6 Å². The molecule has 0 aromatic heterocycles. The van der Waals surface area contributed by atoms with Gasteiger partial charge in [-0.05, 0) is 31.2 Å². The molecule has 1 unspecified atom stereocenters. The number of hydrazine groups is 1. The number of hydrogen-bond acceptors (Lipinski definition) is 4. The topological polar surface area (TPSA) is 61.8 Å². The fourth-order valence-electron chi connectivity index (χ4n) is 2.11. The maximum absolute atomic E-state index is 13.1. The zero-order valence-electron chi connectivity index (χ0n) is 12.0. The Hall–Kier alpha value is -2.29. The molecule has 5 nitrogen and oxygen atoms in total. The highest BCUT2D eigenvalue weighted by molar-refractivity contribution is 5.94. The van der Waals surface area contributed by atoms with Crippen LogP contribution in [-0.4, -0.2) is 34.8 Å². The van der Waals surface area contributed by atoms with Gasteiger partial charge in [0.1, 0.15) is 11.4 Å². The molecule has 1 aromatic rings. The standard InChI is InChI=1S/C14H14F4N2O3/c1-2-23-9-5-3-8(4-6-9)12(21)20-14(22,13(17)18)7-10(19-20)11(15)16/h3-6,13,19,22H,2,7H2,1H3. The van der Waals surface area contributed by atoms with Gasteiger partial charge in [0.2, 0.25) is 5.72 Å². The second-order valence-electron chi connectivity index (χ2n) is 4.80. The van der Waals surface area contributed by atoms with Crippen molar-refractivity contribution in [3.8, 4) is 5.75 Å². The highest BCUT2D eigenvalue weighted by atomic mass is 19.3. The molecule has 0 aliphatic carbocycles. The third kappa shape index (κ3) is 3.24. The van der Waals surface area contributed by atoms with E-state index in [1.165, 1.54) is 24.3 Å². The van der Waals surface area contributed by atoms with Gasteiger partial charge in [0.15, 0.2) is 0 Å². The Morgan fingerprint density at radius 3 is 2.48 bits per heavy atom. The predicted molar refractivity (Wildman–Crippen MR) is 71.7 cm³/mol. The third-order valence-electron chi connectivity index (χ3n) is 3.26. The van der Waals surface area contributed by atoms with E-state index in [-0.39, 0.29) is 10.6 Å². The Morgan fingerprint density at radius 1 is 1.39 bits per heavy atom. The van der Waals surface area contributed by atoms with E-state index in [9.17, 15) is 27.5 Å². The lowest BCUT2D eigenvalue weighted by molar-refractivity contribution is -0.168. The van der Waals surface area contributed by atoms with E-state index in [0.717, 1.165) is 0 Å². The number of carbonyl (C=O) groups is 1. The van der Waals surface area contributed by atoms with Gasteiger partial charge in [0.05, 0.1) is 13.0 Å². The average molecular weight is 334 g/mol. The molecule has 2 N–H and O–H groups in total. The largest absolute Gasteiger partial charge is 0.494 e. The molecule has 0 spiro atoms. The van der Waals surface area contributed by atoms with Crippen molar-refractivity contribution in [2.75, 3.05) is 6.61 Å². The molecule has 1 fully saturated rings. The highest BCUT2D eigenvalue weighted by Crippen LogP contribution is 2.35. The van der Waals surface area contributed by atoms with Crippen LogP contribution in [0.1, 0.15) is 23.7 Å². The summed E-state index contributed by atoms with van der Waals surface area (Å²) >= 11 is 0. The number of aliphatic hydroxyl groups is 1. The quantitative estimate of drug-likeness (QED) is 0.831. The predicted octanol–water partition coefficient (Wildman–Crippen LogP) is 2.50. The van der Waals surface area contributed by atoms with Gasteiger partial charge in [0.25, 0.3) is 18.4 Å². The Bertz CT molecular complexity index is 617. The van der Waals surface area contributed by atoms with Crippen molar-refractivity contribution in [2.24, 2.45) is 0 Å². The molecule has 2 rings (SSSR count). The van der Waals surface area contributed by atoms with E-state index in [0.29, 0.717) is 12.4 Å². The number of ether oxygens (including phenoxy) is 1. The first-order valence-electron chi connectivity index (χ1n) is 6.68. The summed E-state index contributed by atoms with van der Waals surface area (Å²) in [6.07, 6.45) is -6.79. The minimum atomic E-state index is -3.43. The van der Waals surface area contributed by atoms with E-state index >= 15 is 0 Å². The fraction of sp³-hybridized carbons (Fsp3) is 0.357. The summed E-state index contributed by atoms with van der Waals surface area (Å²) < 4.78 is 56.6. The number of hydrogen-bond donors (Lipinski definition) is 2. The summed E-state index contributed by atoms with van der Waals surface area (Å²) in [5.41, 5.74) is -2.19. The van der Waals surface area contributed by atoms with E-state index in [1.54, 1.807) is 6.92 Å². The molecule has 0 radical (unpaired) electrons. The zero-order chi connectivity index (χ0) is 17.2. The molecule has 1 aliphatic heterocycles. The summed E-state index contributed by atoms with van der Waals surface area (Å²) in [4.78, 5) is 12.3. The monoisotopic (exact) mass is 334 g/mol. The summed E-state index contributed by atoms with van der Waals surface area (Å²) in [5.74, 6) is -0.606. The Kier molecular flexibility index (Phi) is 4.79. The summed E-state index contributed by atoms with van der Waals surface area (Å²) in [5, 5.41) is 10.0. The lowest BCUT2D eigenvalue weighted by Crippen LogP contribution is -2.55. The number of amides is 1. The maximum Gasteiger partial charge on any atom is 0.291 e.